The van der Waals surface area contributed by atoms with E-state index in [9.17, 15) is 4.39 Å². The fourth-order valence-electron chi connectivity index (χ4n) is 2.22. The molecule has 1 aromatic rings. The van der Waals surface area contributed by atoms with Gasteiger partial charge in [-0.3, -0.25) is 0 Å². The van der Waals surface area contributed by atoms with E-state index in [1.165, 1.54) is 6.07 Å². The number of anilines is 1. The molecule has 1 aliphatic rings. The molecule has 0 spiro atoms. The van der Waals surface area contributed by atoms with Gasteiger partial charge in [-0.2, -0.15) is 0 Å². The second-order valence-electron chi connectivity index (χ2n) is 4.23. The van der Waals surface area contributed by atoms with Crippen molar-refractivity contribution in [3.8, 4) is 0 Å². The molecule has 4 heteroatoms. The Kier molecular flexibility index (Phi) is 4.34. The number of hydrogen-bond acceptors (Lipinski definition) is 3. The minimum Gasteiger partial charge on any atom is -0.380 e. The Bertz CT molecular complexity index is 362. The minimum atomic E-state index is -0.155. The van der Waals surface area contributed by atoms with Gasteiger partial charge in [0, 0.05) is 30.9 Å². The molecule has 1 aromatic carbocycles. The second kappa shape index (κ2) is 5.98. The van der Waals surface area contributed by atoms with Crippen LogP contribution in [0.25, 0.3) is 0 Å². The predicted octanol–water partition coefficient (Wildman–Crippen LogP) is 1.55. The first-order chi connectivity index (χ1) is 8.33. The zero-order chi connectivity index (χ0) is 12.1. The summed E-state index contributed by atoms with van der Waals surface area (Å²) in [7, 11) is 0. The summed E-state index contributed by atoms with van der Waals surface area (Å²) < 4.78 is 19.2. The Balaban J connectivity index is 2.25. The summed E-state index contributed by atoms with van der Waals surface area (Å²) in [5.41, 5.74) is 7.26. The molecule has 0 aliphatic carbocycles. The number of benzene rings is 1. The van der Waals surface area contributed by atoms with Crippen molar-refractivity contribution < 1.29 is 9.13 Å². The first kappa shape index (κ1) is 12.3. The van der Waals surface area contributed by atoms with Gasteiger partial charge in [0.15, 0.2) is 0 Å². The van der Waals surface area contributed by atoms with E-state index >= 15 is 0 Å². The number of nitrogens with zero attached hydrogens (tertiary/aromatic N) is 1. The highest BCUT2D eigenvalue weighted by molar-refractivity contribution is 5.54. The molecule has 3 nitrogen and oxygen atoms in total. The Morgan fingerprint density at radius 3 is 3.00 bits per heavy atom. The number of ether oxygens (including phenoxy) is 1. The van der Waals surface area contributed by atoms with Gasteiger partial charge in [0.05, 0.1) is 6.61 Å². The highest BCUT2D eigenvalue weighted by atomic mass is 19.1. The molecule has 17 heavy (non-hydrogen) atoms. The largest absolute Gasteiger partial charge is 0.380 e. The number of nitrogens with two attached hydrogens (primary N) is 1. The summed E-state index contributed by atoms with van der Waals surface area (Å²) in [5.74, 6) is -0.155. The van der Waals surface area contributed by atoms with Crippen LogP contribution in [0.3, 0.4) is 0 Å². The van der Waals surface area contributed by atoms with Crippen LogP contribution >= 0.6 is 0 Å². The first-order valence-electron chi connectivity index (χ1n) is 6.13. The quantitative estimate of drug-likeness (QED) is 0.868. The highest BCUT2D eigenvalue weighted by Gasteiger charge is 2.15. The van der Waals surface area contributed by atoms with Crippen LogP contribution in [-0.2, 0) is 11.2 Å². The topological polar surface area (TPSA) is 38.5 Å². The summed E-state index contributed by atoms with van der Waals surface area (Å²) in [6.45, 7) is 3.71. The van der Waals surface area contributed by atoms with Gasteiger partial charge in [-0.05, 0) is 31.5 Å². The number of halogens is 1. The van der Waals surface area contributed by atoms with E-state index in [4.69, 9.17) is 10.5 Å². The van der Waals surface area contributed by atoms with E-state index in [0.29, 0.717) is 19.6 Å². The summed E-state index contributed by atoms with van der Waals surface area (Å²) >= 11 is 0. The monoisotopic (exact) mass is 238 g/mol. The lowest BCUT2D eigenvalue weighted by atomic mass is 10.1. The zero-order valence-corrected chi connectivity index (χ0v) is 9.99. The third kappa shape index (κ3) is 2.96. The molecule has 1 saturated heterocycles. The van der Waals surface area contributed by atoms with Gasteiger partial charge in [-0.15, -0.1) is 0 Å². The van der Waals surface area contributed by atoms with E-state index in [2.05, 4.69) is 4.90 Å². The molecule has 0 saturated carbocycles. The van der Waals surface area contributed by atoms with Crippen LogP contribution < -0.4 is 10.6 Å². The molecule has 1 aliphatic heterocycles. The normalized spacial score (nSPS) is 16.9. The summed E-state index contributed by atoms with van der Waals surface area (Å²) in [6.07, 6.45) is 1.57. The molecule has 0 bridgehead atoms. The van der Waals surface area contributed by atoms with Crippen molar-refractivity contribution in [3.63, 3.8) is 0 Å². The van der Waals surface area contributed by atoms with Gasteiger partial charge >= 0.3 is 0 Å². The summed E-state index contributed by atoms with van der Waals surface area (Å²) in [6, 6.07) is 5.23. The van der Waals surface area contributed by atoms with Crippen LogP contribution in [0.15, 0.2) is 18.2 Å². The fraction of sp³-hybridized carbons (Fsp3) is 0.538. The molecule has 0 unspecified atom stereocenters. The third-order valence-corrected chi connectivity index (χ3v) is 3.05. The molecule has 0 atom stereocenters. The van der Waals surface area contributed by atoms with Crippen LogP contribution in [0, 0.1) is 5.82 Å². The van der Waals surface area contributed by atoms with Crippen molar-refractivity contribution >= 4 is 5.69 Å². The lowest BCUT2D eigenvalue weighted by Gasteiger charge is -2.25. The molecule has 1 fully saturated rings. The molecule has 1 heterocycles. The van der Waals surface area contributed by atoms with Gasteiger partial charge < -0.3 is 15.4 Å². The number of hydrogen-bond donors (Lipinski definition) is 1. The maximum atomic E-state index is 13.8. The Hall–Kier alpha value is -1.13. The molecular weight excluding hydrogens is 219 g/mol. The van der Waals surface area contributed by atoms with Crippen LogP contribution in [0.4, 0.5) is 10.1 Å². The van der Waals surface area contributed by atoms with Crippen molar-refractivity contribution in [1.29, 1.82) is 0 Å². The third-order valence-electron chi connectivity index (χ3n) is 3.05. The van der Waals surface area contributed by atoms with Gasteiger partial charge in [0.25, 0.3) is 0 Å². The van der Waals surface area contributed by atoms with Crippen molar-refractivity contribution in [2.75, 3.05) is 37.7 Å². The maximum absolute atomic E-state index is 13.8. The van der Waals surface area contributed by atoms with Gasteiger partial charge in [-0.25, -0.2) is 4.39 Å². The van der Waals surface area contributed by atoms with Crippen molar-refractivity contribution in [1.82, 2.24) is 0 Å². The smallest absolute Gasteiger partial charge is 0.128 e. The maximum Gasteiger partial charge on any atom is 0.128 e. The van der Waals surface area contributed by atoms with E-state index in [0.717, 1.165) is 37.4 Å². The van der Waals surface area contributed by atoms with Crippen LogP contribution in [0.5, 0.6) is 0 Å². The van der Waals surface area contributed by atoms with Gasteiger partial charge in [-0.1, -0.05) is 6.07 Å². The minimum absolute atomic E-state index is 0.155. The van der Waals surface area contributed by atoms with Crippen LogP contribution in [0.1, 0.15) is 12.0 Å². The zero-order valence-electron chi connectivity index (χ0n) is 9.99. The Morgan fingerprint density at radius 2 is 2.18 bits per heavy atom. The van der Waals surface area contributed by atoms with Crippen LogP contribution in [-0.4, -0.2) is 32.8 Å². The van der Waals surface area contributed by atoms with E-state index in [-0.39, 0.29) is 5.82 Å². The number of rotatable bonds is 3. The average molecular weight is 238 g/mol. The van der Waals surface area contributed by atoms with E-state index in [1.807, 2.05) is 6.07 Å². The molecule has 0 amide bonds. The predicted molar refractivity (Wildman–Crippen MR) is 66.8 cm³/mol. The van der Waals surface area contributed by atoms with Crippen LogP contribution in [0.2, 0.25) is 0 Å². The highest BCUT2D eigenvalue weighted by Crippen LogP contribution is 2.24. The average Bonchev–Trinajstić information content (AvgIpc) is 2.60. The van der Waals surface area contributed by atoms with E-state index < -0.39 is 0 Å². The van der Waals surface area contributed by atoms with Crippen molar-refractivity contribution in [3.05, 3.63) is 29.6 Å². The van der Waals surface area contributed by atoms with Crippen molar-refractivity contribution in [2.24, 2.45) is 5.73 Å². The lowest BCUT2D eigenvalue weighted by Crippen LogP contribution is -2.27. The lowest BCUT2D eigenvalue weighted by molar-refractivity contribution is 0.152. The first-order valence-corrected chi connectivity index (χ1v) is 6.13. The van der Waals surface area contributed by atoms with Crippen molar-refractivity contribution in [2.45, 2.75) is 12.8 Å². The Labute approximate surface area is 101 Å². The summed E-state index contributed by atoms with van der Waals surface area (Å²) in [5, 5.41) is 0. The standard InChI is InChI=1S/C13H19FN2O/c14-12-3-1-4-13(11(12)5-6-15)16-7-2-9-17-10-8-16/h1,3-4H,2,5-10,15H2. The summed E-state index contributed by atoms with van der Waals surface area (Å²) in [4.78, 5) is 2.20. The van der Waals surface area contributed by atoms with Gasteiger partial charge in [0.2, 0.25) is 0 Å². The van der Waals surface area contributed by atoms with Gasteiger partial charge in [0.1, 0.15) is 5.82 Å². The molecule has 2 N–H and O–H groups in total. The molecule has 0 aromatic heterocycles. The fourth-order valence-corrected chi connectivity index (χ4v) is 2.22. The molecular formula is C13H19FN2O. The SMILES string of the molecule is NCCc1c(F)cccc1N1CCCOCC1. The Morgan fingerprint density at radius 1 is 1.29 bits per heavy atom. The molecule has 2 rings (SSSR count). The van der Waals surface area contributed by atoms with E-state index in [1.54, 1.807) is 6.07 Å². The molecule has 94 valence electrons. The molecule has 0 radical (unpaired) electrons. The second-order valence-corrected chi connectivity index (χ2v) is 4.23.